The van der Waals surface area contributed by atoms with Crippen LogP contribution in [0.15, 0.2) is 84.9 Å². The molecule has 0 aromatic heterocycles. The Morgan fingerprint density at radius 1 is 0.739 bits per heavy atom. The molecule has 0 heterocycles. The lowest BCUT2D eigenvalue weighted by Crippen LogP contribution is -2.68. The monoisotopic (exact) mass is 662 g/mol. The summed E-state index contributed by atoms with van der Waals surface area (Å²) in [4.78, 5) is 12.6. The molecular formula is C39H58O5Si2. The van der Waals surface area contributed by atoms with E-state index in [0.717, 1.165) is 17.6 Å². The maximum atomic E-state index is 12.6. The summed E-state index contributed by atoms with van der Waals surface area (Å²) in [6.07, 6.45) is 1.06. The zero-order valence-corrected chi connectivity index (χ0v) is 32.1. The summed E-state index contributed by atoms with van der Waals surface area (Å²) >= 11 is 0. The molecule has 0 radical (unpaired) electrons. The van der Waals surface area contributed by atoms with Crippen molar-refractivity contribution in [3.05, 3.63) is 90.5 Å². The first-order valence-corrected chi connectivity index (χ1v) is 21.5. The minimum atomic E-state index is -2.92. The van der Waals surface area contributed by atoms with Crippen molar-refractivity contribution in [2.75, 3.05) is 13.7 Å². The number of ether oxygens (including phenoxy) is 2. The summed E-state index contributed by atoms with van der Waals surface area (Å²) in [5.41, 5.74) is 1.07. The molecule has 5 nitrogen and oxygen atoms in total. The van der Waals surface area contributed by atoms with Crippen molar-refractivity contribution in [2.45, 2.75) is 104 Å². The van der Waals surface area contributed by atoms with Gasteiger partial charge in [0.25, 0.3) is 8.32 Å². The molecule has 0 aliphatic rings. The summed E-state index contributed by atoms with van der Waals surface area (Å²) in [6, 6.07) is 29.2. The molecule has 3 aromatic carbocycles. The van der Waals surface area contributed by atoms with E-state index in [-0.39, 0.29) is 34.1 Å². The van der Waals surface area contributed by atoms with Gasteiger partial charge >= 0.3 is 0 Å². The second-order valence-corrected chi connectivity index (χ2v) is 24.4. The smallest absolute Gasteiger partial charge is 0.261 e. The van der Waals surface area contributed by atoms with Gasteiger partial charge in [-0.05, 0) is 57.7 Å². The Kier molecular flexibility index (Phi) is 13.2. The quantitative estimate of drug-likeness (QED) is 0.114. The molecule has 0 spiro atoms. The maximum absolute atomic E-state index is 12.6. The van der Waals surface area contributed by atoms with Gasteiger partial charge in [-0.2, -0.15) is 0 Å². The Morgan fingerprint density at radius 2 is 1.26 bits per heavy atom. The first kappa shape index (κ1) is 37.9. The van der Waals surface area contributed by atoms with Crippen molar-refractivity contribution < 1.29 is 23.1 Å². The van der Waals surface area contributed by atoms with Crippen molar-refractivity contribution in [3.63, 3.8) is 0 Å². The molecule has 0 bridgehead atoms. The Labute approximate surface area is 281 Å². The molecule has 0 saturated heterocycles. The third-order valence-electron chi connectivity index (χ3n) is 9.78. The lowest BCUT2D eigenvalue weighted by atomic mass is 9.94. The van der Waals surface area contributed by atoms with Crippen molar-refractivity contribution in [1.29, 1.82) is 0 Å². The van der Waals surface area contributed by atoms with Crippen LogP contribution in [0.5, 0.6) is 5.75 Å². The minimum Gasteiger partial charge on any atom is -0.497 e. The van der Waals surface area contributed by atoms with E-state index in [2.05, 4.69) is 122 Å². The summed E-state index contributed by atoms with van der Waals surface area (Å²) in [5.74, 6) is 0.564. The van der Waals surface area contributed by atoms with Crippen LogP contribution in [0, 0.1) is 11.8 Å². The van der Waals surface area contributed by atoms with E-state index in [4.69, 9.17) is 18.3 Å². The lowest BCUT2D eigenvalue weighted by Gasteiger charge is -2.46. The van der Waals surface area contributed by atoms with Crippen LogP contribution in [-0.2, 0) is 25.0 Å². The van der Waals surface area contributed by atoms with Gasteiger partial charge in [-0.1, -0.05) is 128 Å². The van der Waals surface area contributed by atoms with E-state index in [1.165, 1.54) is 10.4 Å². The van der Waals surface area contributed by atoms with Gasteiger partial charge in [0.1, 0.15) is 12.0 Å². The predicted molar refractivity (Wildman–Crippen MR) is 196 cm³/mol. The van der Waals surface area contributed by atoms with Gasteiger partial charge in [0.05, 0.1) is 25.9 Å². The van der Waals surface area contributed by atoms with Crippen LogP contribution in [0.1, 0.15) is 67.4 Å². The molecule has 0 aliphatic carbocycles. The van der Waals surface area contributed by atoms with Gasteiger partial charge in [-0.3, -0.25) is 0 Å². The summed E-state index contributed by atoms with van der Waals surface area (Å²) in [7, 11) is -3.23. The highest BCUT2D eigenvalue weighted by atomic mass is 28.4. The number of carbonyl (C=O) groups excluding carboxylic acids is 1. The van der Waals surface area contributed by atoms with Gasteiger partial charge in [0, 0.05) is 18.4 Å². The fourth-order valence-corrected chi connectivity index (χ4v) is 11.6. The highest BCUT2D eigenvalue weighted by Crippen LogP contribution is 2.40. The molecule has 3 rings (SSSR count). The summed E-state index contributed by atoms with van der Waals surface area (Å²) < 4.78 is 26.4. The zero-order valence-electron chi connectivity index (χ0n) is 30.1. The number of benzene rings is 3. The van der Waals surface area contributed by atoms with Crippen LogP contribution < -0.4 is 15.1 Å². The largest absolute Gasteiger partial charge is 0.497 e. The molecule has 0 aliphatic heterocycles. The van der Waals surface area contributed by atoms with E-state index in [9.17, 15) is 4.79 Å². The predicted octanol–water partition coefficient (Wildman–Crippen LogP) is 8.41. The van der Waals surface area contributed by atoms with Gasteiger partial charge < -0.3 is 23.1 Å². The SMILES string of the molecule is COc1ccc(CO[C@@H](C[C@H](O[Si](c2ccccc2)(c2ccccc2)C(C)(C)C)[C@H](C)C=O)[C@@H](C)CO[Si](C)(C)C(C)(C)C)cc1. The van der Waals surface area contributed by atoms with Crippen LogP contribution in [0.3, 0.4) is 0 Å². The molecule has 0 saturated carbocycles. The van der Waals surface area contributed by atoms with Gasteiger partial charge in [0.15, 0.2) is 8.32 Å². The van der Waals surface area contributed by atoms with E-state index >= 15 is 0 Å². The highest BCUT2D eigenvalue weighted by molar-refractivity contribution is 6.99. The lowest BCUT2D eigenvalue weighted by molar-refractivity contribution is -0.114. The van der Waals surface area contributed by atoms with Crippen LogP contribution in [-0.4, -0.2) is 48.8 Å². The van der Waals surface area contributed by atoms with Crippen molar-refractivity contribution >= 4 is 33.3 Å². The van der Waals surface area contributed by atoms with E-state index in [1.54, 1.807) is 7.11 Å². The van der Waals surface area contributed by atoms with Crippen molar-refractivity contribution in [1.82, 2.24) is 0 Å². The fraction of sp³-hybridized carbons (Fsp3) is 0.513. The fourth-order valence-electron chi connectivity index (χ4n) is 5.66. The van der Waals surface area contributed by atoms with E-state index in [0.29, 0.717) is 19.6 Å². The Bertz CT molecular complexity index is 1290. The summed E-state index contributed by atoms with van der Waals surface area (Å²) in [6.45, 7) is 23.4. The molecule has 7 heteroatoms. The second-order valence-electron chi connectivity index (χ2n) is 15.3. The molecule has 4 atom stereocenters. The Balaban J connectivity index is 2.04. The number of aldehydes is 1. The topological polar surface area (TPSA) is 54.0 Å². The van der Waals surface area contributed by atoms with Crippen LogP contribution in [0.2, 0.25) is 23.2 Å². The molecule has 0 fully saturated rings. The standard InChI is InChI=1S/C39H58O5Si2/c1-30(27-40)37(44-46(39(6,7)8,34-18-14-12-15-19-34)35-20-16-13-17-21-35)26-36(31(2)28-43-45(10,11)38(3,4)5)42-29-32-22-24-33(41-9)25-23-32/h12-25,27,30-31,36-37H,26,28-29H2,1-11H3/t30-,31+,36+,37+/m1/s1. The van der Waals surface area contributed by atoms with Gasteiger partial charge in [0.2, 0.25) is 0 Å². The average molecular weight is 663 g/mol. The number of methoxy groups -OCH3 is 1. The summed E-state index contributed by atoms with van der Waals surface area (Å²) in [5, 5.41) is 2.28. The van der Waals surface area contributed by atoms with E-state index in [1.807, 2.05) is 31.2 Å². The van der Waals surface area contributed by atoms with Crippen molar-refractivity contribution in [2.24, 2.45) is 11.8 Å². The van der Waals surface area contributed by atoms with Crippen LogP contribution in [0.25, 0.3) is 0 Å². The molecular weight excluding hydrogens is 605 g/mol. The molecule has 0 N–H and O–H groups in total. The molecule has 3 aromatic rings. The minimum absolute atomic E-state index is 0.0801. The number of rotatable bonds is 16. The van der Waals surface area contributed by atoms with Crippen LogP contribution in [0.4, 0.5) is 0 Å². The van der Waals surface area contributed by atoms with Gasteiger partial charge in [-0.25, -0.2) is 0 Å². The number of hydrogen-bond acceptors (Lipinski definition) is 5. The first-order valence-electron chi connectivity index (χ1n) is 16.7. The van der Waals surface area contributed by atoms with Gasteiger partial charge in [-0.15, -0.1) is 0 Å². The second kappa shape index (κ2) is 16.0. The molecule has 46 heavy (non-hydrogen) atoms. The Hall–Kier alpha value is -2.56. The third-order valence-corrected chi connectivity index (χ3v) is 19.3. The molecule has 252 valence electrons. The molecule has 0 unspecified atom stereocenters. The van der Waals surface area contributed by atoms with Crippen molar-refractivity contribution in [3.8, 4) is 5.75 Å². The normalized spacial score (nSPS) is 15.5. The number of hydrogen-bond donors (Lipinski definition) is 0. The average Bonchev–Trinajstić information content (AvgIpc) is 3.03. The van der Waals surface area contributed by atoms with Crippen LogP contribution >= 0.6 is 0 Å². The van der Waals surface area contributed by atoms with E-state index < -0.39 is 16.6 Å². The maximum Gasteiger partial charge on any atom is 0.261 e. The highest BCUT2D eigenvalue weighted by Gasteiger charge is 2.52. The zero-order chi connectivity index (χ0) is 34.2. The Morgan fingerprint density at radius 3 is 1.70 bits per heavy atom. The molecule has 0 amide bonds. The third kappa shape index (κ3) is 9.29. The first-order chi connectivity index (χ1) is 21.6. The number of carbonyl (C=O) groups is 1.